The molecule has 1 heterocycles. The molecule has 4 nitrogen and oxygen atoms in total. The van der Waals surface area contributed by atoms with Crippen molar-refractivity contribution in [3.05, 3.63) is 46.6 Å². The molecule has 0 spiro atoms. The van der Waals surface area contributed by atoms with E-state index in [4.69, 9.17) is 0 Å². The lowest BCUT2D eigenvalue weighted by Gasteiger charge is -2.20. The molecule has 0 N–H and O–H groups in total. The average molecular weight is 408 g/mol. The van der Waals surface area contributed by atoms with Crippen molar-refractivity contribution in [1.29, 1.82) is 0 Å². The number of aryl methyl sites for hydroxylation is 1. The molecule has 0 saturated carbocycles. The Morgan fingerprint density at radius 1 is 0.700 bits per heavy atom. The van der Waals surface area contributed by atoms with Gasteiger partial charge < -0.3 is 14.4 Å². The number of rotatable bonds is 10. The average Bonchev–Trinajstić information content (AvgIpc) is 2.74. The minimum absolute atomic E-state index is 0.131. The van der Waals surface area contributed by atoms with Gasteiger partial charge in [-0.25, -0.2) is 0 Å². The molecule has 3 aromatic rings. The van der Waals surface area contributed by atoms with Crippen molar-refractivity contribution in [3.8, 4) is 0 Å². The fraction of sp³-hybridized carbons (Fsp3) is 0.500. The summed E-state index contributed by atoms with van der Waals surface area (Å²) < 4.78 is 2.37. The third-order valence-corrected chi connectivity index (χ3v) is 6.05. The summed E-state index contributed by atoms with van der Waals surface area (Å²) in [4.78, 5) is 17.4. The SMILES string of the molecule is CCCCCCCCCn1c2cc(N(C)C)ccc2c(=O)c2ccc(N(C)C)cc21. The molecule has 1 aromatic heterocycles. The fourth-order valence-corrected chi connectivity index (χ4v) is 4.17. The lowest BCUT2D eigenvalue weighted by atomic mass is 10.1. The molecule has 4 heteroatoms. The normalized spacial score (nSPS) is 11.4. The zero-order chi connectivity index (χ0) is 21.7. The highest BCUT2D eigenvalue weighted by molar-refractivity contribution is 5.96. The van der Waals surface area contributed by atoms with Crippen LogP contribution >= 0.6 is 0 Å². The summed E-state index contributed by atoms with van der Waals surface area (Å²) in [5.41, 5.74) is 4.46. The van der Waals surface area contributed by atoms with Gasteiger partial charge in [0.05, 0.1) is 11.0 Å². The van der Waals surface area contributed by atoms with Crippen LogP contribution in [0.25, 0.3) is 21.8 Å². The predicted molar refractivity (Wildman–Crippen MR) is 132 cm³/mol. The molecule has 0 bridgehead atoms. The van der Waals surface area contributed by atoms with Gasteiger partial charge in [0, 0.05) is 56.9 Å². The van der Waals surface area contributed by atoms with Crippen LogP contribution in [0.3, 0.4) is 0 Å². The Morgan fingerprint density at radius 2 is 1.17 bits per heavy atom. The van der Waals surface area contributed by atoms with Crippen LogP contribution in [0.5, 0.6) is 0 Å². The van der Waals surface area contributed by atoms with Crippen molar-refractivity contribution < 1.29 is 0 Å². The van der Waals surface area contributed by atoms with Crippen LogP contribution in [-0.4, -0.2) is 32.8 Å². The second-order valence-corrected chi connectivity index (χ2v) is 8.79. The monoisotopic (exact) mass is 407 g/mol. The lowest BCUT2D eigenvalue weighted by molar-refractivity contribution is 0.560. The van der Waals surface area contributed by atoms with Gasteiger partial charge in [-0.05, 0) is 42.8 Å². The zero-order valence-electron chi connectivity index (χ0n) is 19.4. The molecule has 30 heavy (non-hydrogen) atoms. The van der Waals surface area contributed by atoms with Crippen molar-refractivity contribution >= 4 is 33.2 Å². The summed E-state index contributed by atoms with van der Waals surface area (Å²) in [6.07, 6.45) is 8.97. The summed E-state index contributed by atoms with van der Waals surface area (Å²) >= 11 is 0. The van der Waals surface area contributed by atoms with E-state index in [1.54, 1.807) is 0 Å². The third kappa shape index (κ3) is 4.80. The number of hydrogen-bond acceptors (Lipinski definition) is 3. The van der Waals surface area contributed by atoms with Crippen LogP contribution in [0, 0.1) is 0 Å². The molecule has 0 radical (unpaired) electrons. The van der Waals surface area contributed by atoms with Crippen molar-refractivity contribution in [3.63, 3.8) is 0 Å². The quantitative estimate of drug-likeness (QED) is 0.303. The summed E-state index contributed by atoms with van der Waals surface area (Å²) in [6.45, 7) is 3.20. The Bertz CT molecular complexity index is 977. The number of hydrogen-bond donors (Lipinski definition) is 0. The number of unbranched alkanes of at least 4 members (excludes halogenated alkanes) is 6. The number of aromatic nitrogens is 1. The molecule has 0 atom stereocenters. The minimum Gasteiger partial charge on any atom is -0.378 e. The highest BCUT2D eigenvalue weighted by atomic mass is 16.1. The standard InChI is InChI=1S/C26H37N3O/c1-6-7-8-9-10-11-12-17-29-24-18-20(27(2)3)13-15-22(24)26(30)23-16-14-21(28(4)5)19-25(23)29/h13-16,18-19H,6-12,17H2,1-5H3. The molecule has 0 aliphatic heterocycles. The van der Waals surface area contributed by atoms with E-state index in [1.165, 1.54) is 38.5 Å². The molecule has 0 fully saturated rings. The first kappa shape index (κ1) is 22.2. The molecule has 3 rings (SSSR count). The largest absolute Gasteiger partial charge is 0.378 e. The van der Waals surface area contributed by atoms with Crippen LogP contribution in [0.4, 0.5) is 11.4 Å². The topological polar surface area (TPSA) is 28.5 Å². The van der Waals surface area contributed by atoms with E-state index in [2.05, 4.69) is 33.4 Å². The number of nitrogens with zero attached hydrogens (tertiary/aromatic N) is 3. The Labute approximate surface area is 181 Å². The van der Waals surface area contributed by atoms with Gasteiger partial charge in [0.2, 0.25) is 0 Å². The first-order valence-electron chi connectivity index (χ1n) is 11.4. The van der Waals surface area contributed by atoms with Crippen LogP contribution in [0.15, 0.2) is 41.2 Å². The van der Waals surface area contributed by atoms with Gasteiger partial charge in [0.25, 0.3) is 0 Å². The predicted octanol–water partition coefficient (Wildman–Crippen LogP) is 6.04. The van der Waals surface area contributed by atoms with Gasteiger partial charge in [-0.15, -0.1) is 0 Å². The van der Waals surface area contributed by atoms with E-state index in [0.717, 1.165) is 46.1 Å². The van der Waals surface area contributed by atoms with E-state index in [1.807, 2.05) is 52.5 Å². The minimum atomic E-state index is 0.131. The highest BCUT2D eigenvalue weighted by Gasteiger charge is 2.13. The molecule has 0 aliphatic carbocycles. The van der Waals surface area contributed by atoms with Gasteiger partial charge >= 0.3 is 0 Å². The Kier molecular flexibility index (Phi) is 7.41. The van der Waals surface area contributed by atoms with E-state index in [-0.39, 0.29) is 5.43 Å². The smallest absolute Gasteiger partial charge is 0.197 e. The van der Waals surface area contributed by atoms with Crippen molar-refractivity contribution in [2.75, 3.05) is 38.0 Å². The molecule has 0 unspecified atom stereocenters. The second-order valence-electron chi connectivity index (χ2n) is 8.79. The Balaban J connectivity index is 2.03. The molecule has 2 aromatic carbocycles. The highest BCUT2D eigenvalue weighted by Crippen LogP contribution is 2.27. The van der Waals surface area contributed by atoms with E-state index < -0.39 is 0 Å². The van der Waals surface area contributed by atoms with Crippen molar-refractivity contribution in [2.24, 2.45) is 0 Å². The molecule has 0 aliphatic rings. The molecule has 162 valence electrons. The molecule has 0 amide bonds. The fourth-order valence-electron chi connectivity index (χ4n) is 4.17. The first-order chi connectivity index (χ1) is 14.4. The van der Waals surface area contributed by atoms with Gasteiger partial charge in [0.15, 0.2) is 5.43 Å². The van der Waals surface area contributed by atoms with Gasteiger partial charge in [0.1, 0.15) is 0 Å². The Morgan fingerprint density at radius 3 is 1.63 bits per heavy atom. The van der Waals surface area contributed by atoms with Crippen LogP contribution in [-0.2, 0) is 6.54 Å². The van der Waals surface area contributed by atoms with Gasteiger partial charge in [-0.1, -0.05) is 45.4 Å². The van der Waals surface area contributed by atoms with Crippen molar-refractivity contribution in [2.45, 2.75) is 58.4 Å². The summed E-state index contributed by atoms with van der Waals surface area (Å²) in [7, 11) is 8.19. The van der Waals surface area contributed by atoms with Crippen molar-refractivity contribution in [1.82, 2.24) is 4.57 Å². The summed E-state index contributed by atoms with van der Waals surface area (Å²) in [5, 5.41) is 1.63. The second kappa shape index (κ2) is 10.0. The summed E-state index contributed by atoms with van der Waals surface area (Å²) in [5.74, 6) is 0. The van der Waals surface area contributed by atoms with Gasteiger partial charge in [-0.2, -0.15) is 0 Å². The maximum atomic E-state index is 13.2. The zero-order valence-corrected chi connectivity index (χ0v) is 19.4. The third-order valence-electron chi connectivity index (χ3n) is 6.05. The molecular weight excluding hydrogens is 370 g/mol. The maximum Gasteiger partial charge on any atom is 0.197 e. The van der Waals surface area contributed by atoms with Crippen LogP contribution < -0.4 is 15.2 Å². The first-order valence-corrected chi connectivity index (χ1v) is 11.4. The Hall–Kier alpha value is -2.49. The number of fused-ring (bicyclic) bond motifs is 2. The van der Waals surface area contributed by atoms with Crippen LogP contribution in [0.1, 0.15) is 51.9 Å². The number of anilines is 2. The van der Waals surface area contributed by atoms with Gasteiger partial charge in [-0.3, -0.25) is 4.79 Å². The number of pyridine rings is 1. The maximum absolute atomic E-state index is 13.2. The van der Waals surface area contributed by atoms with Crippen LogP contribution in [0.2, 0.25) is 0 Å². The van der Waals surface area contributed by atoms with E-state index in [0.29, 0.717) is 0 Å². The van der Waals surface area contributed by atoms with E-state index >= 15 is 0 Å². The molecular formula is C26H37N3O. The van der Waals surface area contributed by atoms with E-state index in [9.17, 15) is 4.79 Å². The lowest BCUT2D eigenvalue weighted by Crippen LogP contribution is -2.15. The molecule has 0 saturated heterocycles. The number of benzene rings is 2. The summed E-state index contributed by atoms with van der Waals surface area (Å²) in [6, 6.07) is 12.4.